The van der Waals surface area contributed by atoms with E-state index in [4.69, 9.17) is 9.84 Å². The number of aromatic nitrogens is 2. The van der Waals surface area contributed by atoms with Crippen molar-refractivity contribution in [1.82, 2.24) is 9.78 Å². The van der Waals surface area contributed by atoms with E-state index in [2.05, 4.69) is 5.10 Å². The molecular formula is C13H14N2O3. The zero-order chi connectivity index (χ0) is 13.1. The van der Waals surface area contributed by atoms with Gasteiger partial charge in [0.05, 0.1) is 11.3 Å². The minimum absolute atomic E-state index is 0.292. The highest BCUT2D eigenvalue weighted by atomic mass is 16.5. The molecule has 0 unspecified atom stereocenters. The van der Waals surface area contributed by atoms with Gasteiger partial charge >= 0.3 is 5.97 Å². The zero-order valence-electron chi connectivity index (χ0n) is 10.3. The molecule has 0 aliphatic rings. The molecule has 0 aliphatic heterocycles. The maximum absolute atomic E-state index is 10.9. The van der Waals surface area contributed by atoms with E-state index >= 15 is 0 Å². The van der Waals surface area contributed by atoms with Crippen LogP contribution in [0.2, 0.25) is 0 Å². The third-order valence-corrected chi connectivity index (χ3v) is 2.58. The molecule has 1 aromatic heterocycles. The topological polar surface area (TPSA) is 64.4 Å². The Kier molecular flexibility index (Phi) is 3.32. The number of carboxylic acid groups (broad SMARTS) is 1. The fourth-order valence-electron chi connectivity index (χ4n) is 1.66. The van der Waals surface area contributed by atoms with Gasteiger partial charge in [0.2, 0.25) is 0 Å². The lowest BCUT2D eigenvalue weighted by Gasteiger charge is -2.07. The van der Waals surface area contributed by atoms with Crippen LogP contribution in [-0.2, 0) is 13.7 Å². The fraction of sp³-hybridized carbons (Fsp3) is 0.231. The van der Waals surface area contributed by atoms with Crippen LogP contribution >= 0.6 is 0 Å². The van der Waals surface area contributed by atoms with E-state index < -0.39 is 5.97 Å². The van der Waals surface area contributed by atoms with Crippen LogP contribution in [0.3, 0.4) is 0 Å². The standard InChI is InChI=1S/C13H14N2O3/c1-9-7-11(3-4-12(9)13(16)17)18-8-10-5-6-15(2)14-10/h3-7H,8H2,1-2H3,(H,16,17). The normalized spacial score (nSPS) is 10.3. The summed E-state index contributed by atoms with van der Waals surface area (Å²) in [4.78, 5) is 10.9. The summed E-state index contributed by atoms with van der Waals surface area (Å²) in [5, 5.41) is 13.1. The van der Waals surface area contributed by atoms with Crippen LogP contribution in [0.4, 0.5) is 0 Å². The summed E-state index contributed by atoms with van der Waals surface area (Å²) in [5.41, 5.74) is 1.80. The highest BCUT2D eigenvalue weighted by molar-refractivity contribution is 5.89. The Bertz CT molecular complexity index is 575. The van der Waals surface area contributed by atoms with Gasteiger partial charge in [-0.25, -0.2) is 4.79 Å². The second kappa shape index (κ2) is 4.91. The number of ether oxygens (including phenoxy) is 1. The average Bonchev–Trinajstić information content (AvgIpc) is 2.72. The lowest BCUT2D eigenvalue weighted by atomic mass is 10.1. The minimum atomic E-state index is -0.927. The van der Waals surface area contributed by atoms with Gasteiger partial charge in [0.15, 0.2) is 0 Å². The van der Waals surface area contributed by atoms with Crippen molar-refractivity contribution in [2.24, 2.45) is 7.05 Å². The van der Waals surface area contributed by atoms with Crippen molar-refractivity contribution in [2.45, 2.75) is 13.5 Å². The molecule has 2 rings (SSSR count). The molecule has 2 aromatic rings. The monoisotopic (exact) mass is 246 g/mol. The fourth-order valence-corrected chi connectivity index (χ4v) is 1.66. The molecule has 1 aromatic carbocycles. The summed E-state index contributed by atoms with van der Waals surface area (Å²) < 4.78 is 7.26. The van der Waals surface area contributed by atoms with Crippen molar-refractivity contribution in [1.29, 1.82) is 0 Å². The van der Waals surface area contributed by atoms with Crippen LogP contribution in [0.1, 0.15) is 21.6 Å². The first kappa shape index (κ1) is 12.2. The highest BCUT2D eigenvalue weighted by Crippen LogP contribution is 2.18. The van der Waals surface area contributed by atoms with Crippen molar-refractivity contribution in [3.05, 3.63) is 47.3 Å². The zero-order valence-corrected chi connectivity index (χ0v) is 10.3. The summed E-state index contributed by atoms with van der Waals surface area (Å²) in [7, 11) is 1.84. The molecule has 0 aliphatic carbocycles. The lowest BCUT2D eigenvalue weighted by Crippen LogP contribution is -2.01. The molecule has 0 atom stereocenters. The van der Waals surface area contributed by atoms with E-state index in [0.717, 1.165) is 5.69 Å². The molecule has 0 radical (unpaired) electrons. The molecular weight excluding hydrogens is 232 g/mol. The molecule has 0 bridgehead atoms. The lowest BCUT2D eigenvalue weighted by molar-refractivity contribution is 0.0696. The van der Waals surface area contributed by atoms with Gasteiger partial charge in [0.1, 0.15) is 12.4 Å². The second-order valence-corrected chi connectivity index (χ2v) is 4.05. The molecule has 5 nitrogen and oxygen atoms in total. The summed E-state index contributed by atoms with van der Waals surface area (Å²) in [6.07, 6.45) is 1.84. The number of aryl methyl sites for hydroxylation is 2. The quantitative estimate of drug-likeness (QED) is 0.896. The van der Waals surface area contributed by atoms with Crippen molar-refractivity contribution < 1.29 is 14.6 Å². The van der Waals surface area contributed by atoms with Gasteiger partial charge in [-0.05, 0) is 36.8 Å². The van der Waals surface area contributed by atoms with Crippen LogP contribution in [0.25, 0.3) is 0 Å². The summed E-state index contributed by atoms with van der Waals surface area (Å²) in [5.74, 6) is -0.285. The third-order valence-electron chi connectivity index (χ3n) is 2.58. The number of hydrogen-bond donors (Lipinski definition) is 1. The van der Waals surface area contributed by atoms with E-state index in [9.17, 15) is 4.79 Å². The molecule has 1 N–H and O–H groups in total. The Morgan fingerprint density at radius 2 is 2.22 bits per heavy atom. The van der Waals surface area contributed by atoms with Crippen molar-refractivity contribution in [3.8, 4) is 5.75 Å². The van der Waals surface area contributed by atoms with Crippen LogP contribution in [0.5, 0.6) is 5.75 Å². The summed E-state index contributed by atoms with van der Waals surface area (Å²) >= 11 is 0. The molecule has 0 saturated carbocycles. The Morgan fingerprint density at radius 1 is 1.44 bits per heavy atom. The molecule has 0 fully saturated rings. The van der Waals surface area contributed by atoms with Gasteiger partial charge in [0.25, 0.3) is 0 Å². The molecule has 0 spiro atoms. The number of carbonyl (C=O) groups is 1. The predicted octanol–water partition coefficient (Wildman–Crippen LogP) is 2.01. The van der Waals surface area contributed by atoms with Gasteiger partial charge in [0, 0.05) is 13.2 Å². The SMILES string of the molecule is Cc1cc(OCc2ccn(C)n2)ccc1C(=O)O. The maximum atomic E-state index is 10.9. The maximum Gasteiger partial charge on any atom is 0.335 e. The predicted molar refractivity (Wildman–Crippen MR) is 65.7 cm³/mol. The largest absolute Gasteiger partial charge is 0.487 e. The van der Waals surface area contributed by atoms with E-state index in [1.54, 1.807) is 29.8 Å². The van der Waals surface area contributed by atoms with E-state index in [-0.39, 0.29) is 0 Å². The minimum Gasteiger partial charge on any atom is -0.487 e. The molecule has 0 amide bonds. The van der Waals surface area contributed by atoms with Gasteiger partial charge in [-0.2, -0.15) is 5.10 Å². The number of hydrogen-bond acceptors (Lipinski definition) is 3. The Labute approximate surface area is 105 Å². The molecule has 94 valence electrons. The average molecular weight is 246 g/mol. The van der Waals surface area contributed by atoms with Gasteiger partial charge < -0.3 is 9.84 Å². The summed E-state index contributed by atoms with van der Waals surface area (Å²) in [6, 6.07) is 6.79. The van der Waals surface area contributed by atoms with Crippen LogP contribution in [-0.4, -0.2) is 20.9 Å². The van der Waals surface area contributed by atoms with Crippen LogP contribution < -0.4 is 4.74 Å². The molecule has 5 heteroatoms. The molecule has 1 heterocycles. The number of benzene rings is 1. The van der Waals surface area contributed by atoms with Gasteiger partial charge in [-0.15, -0.1) is 0 Å². The van der Waals surface area contributed by atoms with Gasteiger partial charge in [-0.1, -0.05) is 0 Å². The number of carboxylic acids is 1. The van der Waals surface area contributed by atoms with Crippen molar-refractivity contribution >= 4 is 5.97 Å². The Hall–Kier alpha value is -2.30. The second-order valence-electron chi connectivity index (χ2n) is 4.05. The molecule has 0 saturated heterocycles. The van der Waals surface area contributed by atoms with E-state index in [1.165, 1.54) is 0 Å². The van der Waals surface area contributed by atoms with Crippen molar-refractivity contribution in [2.75, 3.05) is 0 Å². The Balaban J connectivity index is 2.06. The summed E-state index contributed by atoms with van der Waals surface area (Å²) in [6.45, 7) is 2.11. The molecule has 18 heavy (non-hydrogen) atoms. The number of rotatable bonds is 4. The van der Waals surface area contributed by atoms with Crippen LogP contribution in [0.15, 0.2) is 30.5 Å². The smallest absolute Gasteiger partial charge is 0.335 e. The van der Waals surface area contributed by atoms with Gasteiger partial charge in [-0.3, -0.25) is 4.68 Å². The first-order valence-corrected chi connectivity index (χ1v) is 5.51. The highest BCUT2D eigenvalue weighted by Gasteiger charge is 2.07. The number of nitrogens with zero attached hydrogens (tertiary/aromatic N) is 2. The third kappa shape index (κ3) is 2.68. The van der Waals surface area contributed by atoms with E-state index in [0.29, 0.717) is 23.5 Å². The van der Waals surface area contributed by atoms with E-state index in [1.807, 2.05) is 19.3 Å². The first-order chi connectivity index (χ1) is 8.56. The van der Waals surface area contributed by atoms with Crippen LogP contribution in [0, 0.1) is 6.92 Å². The number of aromatic carboxylic acids is 1. The first-order valence-electron chi connectivity index (χ1n) is 5.51. The van der Waals surface area contributed by atoms with Crippen molar-refractivity contribution in [3.63, 3.8) is 0 Å². The Morgan fingerprint density at radius 3 is 2.78 bits per heavy atom.